The molecule has 0 bridgehead atoms. The summed E-state index contributed by atoms with van der Waals surface area (Å²) in [5, 5.41) is 28.3. The molecule has 5 heteroatoms. The second-order valence-corrected chi connectivity index (χ2v) is 2.89. The average molecular weight is 218 g/mol. The van der Waals surface area contributed by atoms with E-state index < -0.39 is 11.5 Å². The van der Waals surface area contributed by atoms with Crippen LogP contribution in [0.4, 0.5) is 0 Å². The molecule has 1 N–H and O–H groups in total. The zero-order valence-electron chi connectivity index (χ0n) is 8.43. The van der Waals surface area contributed by atoms with E-state index in [4.69, 9.17) is 15.1 Å². The van der Waals surface area contributed by atoms with E-state index in [0.717, 1.165) is 0 Å². The summed E-state index contributed by atoms with van der Waals surface area (Å²) in [6, 6.07) is 5.60. The van der Waals surface area contributed by atoms with Gasteiger partial charge in [-0.1, -0.05) is 17.9 Å². The van der Waals surface area contributed by atoms with Crippen LogP contribution >= 0.6 is 0 Å². The molecule has 5 nitrogen and oxygen atoms in total. The first-order chi connectivity index (χ1) is 7.58. The average Bonchev–Trinajstić information content (AvgIpc) is 2.27. The van der Waals surface area contributed by atoms with E-state index in [1.165, 1.54) is 31.4 Å². The molecular weight excluding hydrogens is 210 g/mol. The third-order valence-corrected chi connectivity index (χ3v) is 1.85. The summed E-state index contributed by atoms with van der Waals surface area (Å²) >= 11 is 0. The minimum atomic E-state index is -1.31. The fraction of sp³-hybridized carbons (Fsp3) is 0.0909. The van der Waals surface area contributed by atoms with Gasteiger partial charge < -0.3 is 14.9 Å². The zero-order chi connectivity index (χ0) is 12.1. The van der Waals surface area contributed by atoms with Crippen molar-refractivity contribution >= 4 is 12.0 Å². The Kier molecular flexibility index (Phi) is 3.51. The maximum absolute atomic E-state index is 11.2. The van der Waals surface area contributed by atoms with Crippen molar-refractivity contribution in [2.45, 2.75) is 0 Å². The summed E-state index contributed by atoms with van der Waals surface area (Å²) in [5.74, 6) is -1.50. The quantitative estimate of drug-likeness (QED) is 0.597. The molecule has 0 unspecified atom stereocenters. The van der Waals surface area contributed by atoms with Gasteiger partial charge in [0.25, 0.3) is 0 Å². The number of carbonyl (C=O) groups is 1. The third-order valence-electron chi connectivity index (χ3n) is 1.85. The van der Waals surface area contributed by atoms with Crippen LogP contribution in [-0.2, 0) is 4.79 Å². The van der Waals surface area contributed by atoms with Crippen LogP contribution in [0.2, 0.25) is 0 Å². The summed E-state index contributed by atoms with van der Waals surface area (Å²) in [6.45, 7) is 0. The lowest BCUT2D eigenvalue weighted by atomic mass is 10.1. The van der Waals surface area contributed by atoms with Crippen LogP contribution in [-0.4, -0.2) is 18.2 Å². The van der Waals surface area contributed by atoms with Crippen molar-refractivity contribution < 1.29 is 19.7 Å². The summed E-state index contributed by atoms with van der Waals surface area (Å²) in [4.78, 5) is 10.6. The van der Waals surface area contributed by atoms with E-state index in [-0.39, 0.29) is 11.5 Å². The van der Waals surface area contributed by atoms with E-state index >= 15 is 0 Å². The Balaban J connectivity index is 3.16. The molecule has 0 heterocycles. The monoisotopic (exact) mass is 218 g/mol. The zero-order valence-corrected chi connectivity index (χ0v) is 8.43. The Morgan fingerprint density at radius 3 is 2.81 bits per heavy atom. The van der Waals surface area contributed by atoms with E-state index in [9.17, 15) is 9.90 Å². The number of rotatable bonds is 3. The maximum atomic E-state index is 11.2. The fourth-order valence-corrected chi connectivity index (χ4v) is 1.08. The number of carboxylic acids is 1. The Hall–Kier alpha value is -2.48. The smallest absolute Gasteiger partial charge is 0.346 e. The molecule has 16 heavy (non-hydrogen) atoms. The van der Waals surface area contributed by atoms with Crippen LogP contribution in [0.1, 0.15) is 5.56 Å². The third kappa shape index (κ3) is 2.51. The van der Waals surface area contributed by atoms with Gasteiger partial charge in [0, 0.05) is 0 Å². The van der Waals surface area contributed by atoms with Gasteiger partial charge in [-0.3, -0.25) is 0 Å². The molecule has 0 aliphatic carbocycles. The first-order valence-corrected chi connectivity index (χ1v) is 4.28. The number of hydrogen-bond acceptors (Lipinski definition) is 4. The van der Waals surface area contributed by atoms with Gasteiger partial charge in [0.05, 0.1) is 7.11 Å². The highest BCUT2D eigenvalue weighted by Crippen LogP contribution is 2.24. The maximum Gasteiger partial charge on any atom is 0.346 e. The Labute approximate surface area is 91.8 Å². The second-order valence-electron chi connectivity index (χ2n) is 2.89. The lowest BCUT2D eigenvalue weighted by molar-refractivity contribution is -0.270. The van der Waals surface area contributed by atoms with Crippen LogP contribution in [0.15, 0.2) is 23.8 Å². The van der Waals surface area contributed by atoms with Gasteiger partial charge in [0.1, 0.15) is 17.4 Å². The van der Waals surface area contributed by atoms with Crippen molar-refractivity contribution in [1.82, 2.24) is 0 Å². The number of hydrogen-bond donors (Lipinski definition) is 1. The molecule has 0 spiro atoms. The van der Waals surface area contributed by atoms with Gasteiger partial charge in [-0.15, -0.1) is 0 Å². The predicted molar refractivity (Wildman–Crippen MR) is 53.7 cm³/mol. The SMILES string of the molecule is COc1cc(/C=C(/C#N)C(=O)O)ccc1[O-]. The van der Waals surface area contributed by atoms with E-state index in [0.29, 0.717) is 5.56 Å². The van der Waals surface area contributed by atoms with Gasteiger partial charge in [0.2, 0.25) is 0 Å². The molecular formula is C11H8NO4-. The summed E-state index contributed by atoms with van der Waals surface area (Å²) in [7, 11) is 1.34. The standard InChI is InChI=1S/C11H9NO4/c1-16-10-5-7(2-3-9(10)13)4-8(6-12)11(14)15/h2-5,13H,1H3,(H,14,15)/p-1/b8-4-. The number of nitriles is 1. The molecule has 0 aliphatic rings. The van der Waals surface area contributed by atoms with Crippen molar-refractivity contribution in [3.8, 4) is 17.6 Å². The first kappa shape index (κ1) is 11.6. The minimum absolute atomic E-state index is 0.108. The molecule has 0 saturated carbocycles. The number of methoxy groups -OCH3 is 1. The van der Waals surface area contributed by atoms with Crippen LogP contribution in [0.5, 0.6) is 11.5 Å². The lowest BCUT2D eigenvalue weighted by Crippen LogP contribution is -1.98. The number of aliphatic carboxylic acids is 1. The fourth-order valence-electron chi connectivity index (χ4n) is 1.08. The normalized spacial score (nSPS) is 10.6. The van der Waals surface area contributed by atoms with Gasteiger partial charge in [-0.2, -0.15) is 5.26 Å². The molecule has 82 valence electrons. The minimum Gasteiger partial charge on any atom is -0.870 e. The largest absolute Gasteiger partial charge is 0.870 e. The molecule has 1 rings (SSSR count). The van der Waals surface area contributed by atoms with E-state index in [2.05, 4.69) is 0 Å². The van der Waals surface area contributed by atoms with E-state index in [1.54, 1.807) is 6.07 Å². The molecule has 0 amide bonds. The molecule has 0 radical (unpaired) electrons. The molecule has 1 aromatic carbocycles. The molecule has 0 aliphatic heterocycles. The highest BCUT2D eigenvalue weighted by molar-refractivity contribution is 5.96. The molecule has 0 aromatic heterocycles. The molecule has 1 aromatic rings. The summed E-state index contributed by atoms with van der Waals surface area (Å²) in [6.07, 6.45) is 1.17. The number of benzene rings is 1. The van der Waals surface area contributed by atoms with E-state index in [1.807, 2.05) is 0 Å². The van der Waals surface area contributed by atoms with Crippen LogP contribution in [0, 0.1) is 11.3 Å². The van der Waals surface area contributed by atoms with Crippen molar-refractivity contribution in [3.05, 3.63) is 29.3 Å². The van der Waals surface area contributed by atoms with Crippen LogP contribution in [0.3, 0.4) is 0 Å². The Morgan fingerprint density at radius 1 is 1.62 bits per heavy atom. The highest BCUT2D eigenvalue weighted by Gasteiger charge is 2.05. The van der Waals surface area contributed by atoms with Crippen molar-refractivity contribution in [2.75, 3.05) is 7.11 Å². The lowest BCUT2D eigenvalue weighted by Gasteiger charge is -2.12. The van der Waals surface area contributed by atoms with Crippen LogP contribution in [0.25, 0.3) is 6.08 Å². The predicted octanol–water partition coefficient (Wildman–Crippen LogP) is 0.760. The molecule has 0 saturated heterocycles. The Morgan fingerprint density at radius 2 is 2.31 bits per heavy atom. The number of ether oxygens (including phenoxy) is 1. The van der Waals surface area contributed by atoms with Crippen LogP contribution < -0.4 is 9.84 Å². The molecule has 0 atom stereocenters. The highest BCUT2D eigenvalue weighted by atomic mass is 16.5. The van der Waals surface area contributed by atoms with Gasteiger partial charge in [-0.25, -0.2) is 4.79 Å². The number of carboxylic acid groups (broad SMARTS) is 1. The second kappa shape index (κ2) is 4.84. The summed E-state index contributed by atoms with van der Waals surface area (Å²) in [5.41, 5.74) is 0.0242. The first-order valence-electron chi connectivity index (χ1n) is 4.28. The Bertz CT molecular complexity index is 485. The van der Waals surface area contributed by atoms with Gasteiger partial charge in [0.15, 0.2) is 0 Å². The van der Waals surface area contributed by atoms with Gasteiger partial charge >= 0.3 is 5.97 Å². The van der Waals surface area contributed by atoms with Crippen molar-refractivity contribution in [3.63, 3.8) is 0 Å². The summed E-state index contributed by atoms with van der Waals surface area (Å²) < 4.78 is 4.79. The topological polar surface area (TPSA) is 93.4 Å². The molecule has 0 fully saturated rings. The van der Waals surface area contributed by atoms with Gasteiger partial charge in [-0.05, 0) is 17.7 Å². The number of nitrogens with zero attached hydrogens (tertiary/aromatic N) is 1. The van der Waals surface area contributed by atoms with Crippen molar-refractivity contribution in [2.24, 2.45) is 0 Å². The van der Waals surface area contributed by atoms with Crippen molar-refractivity contribution in [1.29, 1.82) is 5.26 Å².